The van der Waals surface area contributed by atoms with E-state index in [4.69, 9.17) is 0 Å². The summed E-state index contributed by atoms with van der Waals surface area (Å²) in [7, 11) is 24.4. The molecule has 0 heterocycles. The predicted molar refractivity (Wildman–Crippen MR) is 141 cm³/mol. The van der Waals surface area contributed by atoms with E-state index in [1.165, 1.54) is 11.9 Å². The van der Waals surface area contributed by atoms with Gasteiger partial charge in [0.25, 0.3) is 0 Å². The highest BCUT2D eigenvalue weighted by atomic mass is 35.5. The van der Waals surface area contributed by atoms with Crippen LogP contribution in [0.5, 0.6) is 0 Å². The smallest absolute Gasteiger partial charge is 0.349 e. The molecule has 0 radical (unpaired) electrons. The molecule has 13 heteroatoms. The molecule has 0 aromatic rings. The first kappa shape index (κ1) is 87.4. The fourth-order valence-electron chi connectivity index (χ4n) is 2.40. The Hall–Kier alpha value is -1.08. The molecular formula is C18H63Cl2N6O5+. The van der Waals surface area contributed by atoms with Crippen LogP contribution in [0.4, 0.5) is 0 Å². The molecular weight excluding hydrogens is 451 g/mol. The normalized spacial score (nSPS) is 5.81. The summed E-state index contributed by atoms with van der Waals surface area (Å²) in [6, 6.07) is 0. The van der Waals surface area contributed by atoms with E-state index in [0.29, 0.717) is 0 Å². The van der Waals surface area contributed by atoms with Gasteiger partial charge in [-0.15, -0.1) is 12.4 Å². The highest BCUT2D eigenvalue weighted by molar-refractivity contribution is 5.85. The van der Waals surface area contributed by atoms with Crippen LogP contribution in [-0.2, 0) is 0 Å². The number of hydrogen-bond donors (Lipinski definition) is 0. The van der Waals surface area contributed by atoms with Gasteiger partial charge in [-0.1, -0.05) is 29.7 Å². The maximum atomic E-state index is 2.08. The summed E-state index contributed by atoms with van der Waals surface area (Å²) >= 11 is 0. The Morgan fingerprint density at radius 2 is 0.516 bits per heavy atom. The summed E-state index contributed by atoms with van der Waals surface area (Å²) < 4.78 is 4.17. The number of nitrogens with zero attached hydrogens (tertiary/aromatic N) is 6. The van der Waals surface area contributed by atoms with Gasteiger partial charge >= 0.3 is 11.9 Å². The molecule has 0 amide bonds. The molecule has 0 aromatic heterocycles. The Kier molecular flexibility index (Phi) is 121. The zero-order valence-corrected chi connectivity index (χ0v) is 20.5. The molecule has 0 aliphatic heterocycles. The van der Waals surface area contributed by atoms with Gasteiger partial charge < -0.3 is 39.8 Å². The van der Waals surface area contributed by atoms with Crippen molar-refractivity contribution in [1.82, 2.24) is 19.6 Å². The van der Waals surface area contributed by atoms with E-state index >= 15 is 0 Å². The monoisotopic (exact) mass is 513 g/mol. The molecule has 208 valence electrons. The number of hydrogen-bond acceptors (Lipinski definition) is 0. The Labute approximate surface area is 207 Å². The van der Waals surface area contributed by atoms with E-state index in [1.54, 1.807) is 0 Å². The van der Waals surface area contributed by atoms with Crippen molar-refractivity contribution in [1.29, 1.82) is 0 Å². The summed E-state index contributed by atoms with van der Waals surface area (Å²) in [5, 5.41) is 0. The van der Waals surface area contributed by atoms with E-state index in [2.05, 4.69) is 28.8 Å². The molecule has 0 atom stereocenters. The molecule has 11 nitrogen and oxygen atoms in total. The Bertz CT molecular complexity index is 309. The second-order valence-corrected chi connectivity index (χ2v) is 5.97. The molecule has 0 saturated carbocycles. The van der Waals surface area contributed by atoms with E-state index in [9.17, 15) is 0 Å². The number of guanidine groups is 2. The van der Waals surface area contributed by atoms with Crippen molar-refractivity contribution in [2.75, 3.05) is 84.6 Å². The SMILES string of the molecule is C.C.C.C.CN(C)C(N(C)C)=[N+](C)C.CN(C)C(N(C)C)=[N+](C)C.Cl.O.O.O.O.O.[Cl-]. The van der Waals surface area contributed by atoms with Crippen LogP contribution in [-0.4, -0.2) is 153 Å². The third-order valence-corrected chi connectivity index (χ3v) is 2.40. The summed E-state index contributed by atoms with van der Waals surface area (Å²) in [4.78, 5) is 8.33. The maximum absolute atomic E-state index is 2.08. The first-order chi connectivity index (χ1) is 8.93. The molecule has 31 heavy (non-hydrogen) atoms. The topological polar surface area (TPSA) is 176 Å². The van der Waals surface area contributed by atoms with E-state index in [-0.39, 0.29) is 81.9 Å². The summed E-state index contributed by atoms with van der Waals surface area (Å²) in [5.74, 6) is 2.39. The van der Waals surface area contributed by atoms with Crippen LogP contribution < -0.4 is 12.4 Å². The van der Waals surface area contributed by atoms with Crippen molar-refractivity contribution >= 4 is 24.3 Å². The predicted octanol–water partition coefficient (Wildman–Crippen LogP) is -4.68. The van der Waals surface area contributed by atoms with Gasteiger partial charge in [-0.3, -0.25) is 28.8 Å². The lowest BCUT2D eigenvalue weighted by Gasteiger charge is -2.16. The third-order valence-electron chi connectivity index (χ3n) is 2.40. The first-order valence-corrected chi connectivity index (χ1v) is 6.71. The number of rotatable bonds is 0. The molecule has 0 bridgehead atoms. The zero-order valence-electron chi connectivity index (χ0n) is 19.0. The molecule has 0 rings (SSSR count). The van der Waals surface area contributed by atoms with Crippen LogP contribution in [0.1, 0.15) is 29.7 Å². The zero-order chi connectivity index (χ0) is 16.6. The van der Waals surface area contributed by atoms with Gasteiger partial charge in [-0.05, 0) is 0 Å². The lowest BCUT2D eigenvalue weighted by Crippen LogP contribution is -3.00. The minimum absolute atomic E-state index is 0. The Morgan fingerprint density at radius 1 is 0.419 bits per heavy atom. The van der Waals surface area contributed by atoms with Gasteiger partial charge in [0.1, 0.15) is 0 Å². The molecule has 0 aliphatic carbocycles. The van der Waals surface area contributed by atoms with Crippen LogP contribution >= 0.6 is 12.4 Å². The first-order valence-electron chi connectivity index (χ1n) is 6.71. The van der Waals surface area contributed by atoms with Crippen LogP contribution in [0.3, 0.4) is 0 Å². The Balaban J connectivity index is -0.0000000140. The lowest BCUT2D eigenvalue weighted by atomic mass is 10.7. The molecule has 0 aromatic carbocycles. The van der Waals surface area contributed by atoms with Gasteiger partial charge in [-0.2, -0.15) is 0 Å². The fraction of sp³-hybridized carbons (Fsp3) is 0.889. The second-order valence-electron chi connectivity index (χ2n) is 5.97. The fourth-order valence-corrected chi connectivity index (χ4v) is 2.40. The largest absolute Gasteiger partial charge is 1.00 e. The van der Waals surface area contributed by atoms with Gasteiger partial charge in [0.05, 0.1) is 84.6 Å². The average Bonchev–Trinajstić information content (AvgIpc) is 2.12. The number of halogens is 2. The van der Waals surface area contributed by atoms with Crippen molar-refractivity contribution in [3.8, 4) is 0 Å². The van der Waals surface area contributed by atoms with E-state index in [1.807, 2.05) is 84.6 Å². The highest BCUT2D eigenvalue weighted by Gasteiger charge is 2.13. The molecule has 10 N–H and O–H groups in total. The van der Waals surface area contributed by atoms with E-state index < -0.39 is 0 Å². The van der Waals surface area contributed by atoms with Crippen LogP contribution in [0.15, 0.2) is 0 Å². The quantitative estimate of drug-likeness (QED) is 0.179. The molecule has 0 aliphatic rings. The highest BCUT2D eigenvalue weighted by Crippen LogP contribution is 1.85. The summed E-state index contributed by atoms with van der Waals surface area (Å²) in [6.45, 7) is 0. The van der Waals surface area contributed by atoms with Gasteiger partial charge in [0.15, 0.2) is 0 Å². The minimum Gasteiger partial charge on any atom is -1.00 e. The molecule has 0 unspecified atom stereocenters. The van der Waals surface area contributed by atoms with Crippen molar-refractivity contribution in [2.45, 2.75) is 29.7 Å². The maximum Gasteiger partial charge on any atom is 0.349 e. The van der Waals surface area contributed by atoms with E-state index in [0.717, 1.165) is 0 Å². The minimum atomic E-state index is 0. The van der Waals surface area contributed by atoms with Gasteiger partial charge in [0, 0.05) is 0 Å². The summed E-state index contributed by atoms with van der Waals surface area (Å²) in [5.41, 5.74) is 0. The lowest BCUT2D eigenvalue weighted by molar-refractivity contribution is -0.475. The van der Waals surface area contributed by atoms with Gasteiger partial charge in [-0.25, -0.2) is 0 Å². The average molecular weight is 515 g/mol. The summed E-state index contributed by atoms with van der Waals surface area (Å²) in [6.07, 6.45) is 0. The molecule has 0 spiro atoms. The van der Waals surface area contributed by atoms with Crippen molar-refractivity contribution in [2.24, 2.45) is 0 Å². The van der Waals surface area contributed by atoms with Crippen LogP contribution in [0.25, 0.3) is 0 Å². The van der Waals surface area contributed by atoms with Crippen molar-refractivity contribution in [3.05, 3.63) is 0 Å². The molecule has 0 fully saturated rings. The third kappa shape index (κ3) is 39.9. The molecule has 0 saturated heterocycles. The standard InChI is InChI=1S/2C7H18N3.4CH4.2ClH.5H2O/c2*1-8(2)7(9(3)4)10(5)6;;;;;;;;;;;/h2*1-6H3;4*1H4;2*1H;5*1H2/q2*+1;;;;;;;;;;;/p-1. The van der Waals surface area contributed by atoms with Crippen molar-refractivity contribution < 1.29 is 48.9 Å². The van der Waals surface area contributed by atoms with Crippen LogP contribution in [0, 0.1) is 0 Å². The van der Waals surface area contributed by atoms with Crippen molar-refractivity contribution in [3.63, 3.8) is 0 Å². The van der Waals surface area contributed by atoms with Gasteiger partial charge in [0.2, 0.25) is 0 Å². The van der Waals surface area contributed by atoms with Crippen LogP contribution in [0.2, 0.25) is 0 Å². The Morgan fingerprint density at radius 3 is 0.516 bits per heavy atom. The second kappa shape index (κ2) is 42.9.